The van der Waals surface area contributed by atoms with Gasteiger partial charge in [0.25, 0.3) is 0 Å². The summed E-state index contributed by atoms with van der Waals surface area (Å²) < 4.78 is 0.904. The molecule has 1 aromatic heterocycles. The van der Waals surface area contributed by atoms with Crippen LogP contribution in [0.25, 0.3) is 0 Å². The van der Waals surface area contributed by atoms with E-state index in [1.165, 1.54) is 5.56 Å². The van der Waals surface area contributed by atoms with Crippen molar-refractivity contribution in [1.29, 1.82) is 0 Å². The van der Waals surface area contributed by atoms with Gasteiger partial charge in [0.05, 0.1) is 5.02 Å². The molecule has 0 aliphatic rings. The molecule has 0 radical (unpaired) electrons. The van der Waals surface area contributed by atoms with Crippen molar-refractivity contribution >= 4 is 27.5 Å². The van der Waals surface area contributed by atoms with Gasteiger partial charge in [0.2, 0.25) is 0 Å². The molecule has 0 saturated carbocycles. The van der Waals surface area contributed by atoms with Crippen molar-refractivity contribution in [1.82, 2.24) is 9.88 Å². The Morgan fingerprint density at radius 3 is 2.57 bits per heavy atom. The van der Waals surface area contributed by atoms with Gasteiger partial charge >= 0.3 is 0 Å². The third-order valence-electron chi connectivity index (χ3n) is 3.53. The molecular formula is C16H19BrClN3. The first-order valence-electron chi connectivity index (χ1n) is 6.93. The summed E-state index contributed by atoms with van der Waals surface area (Å²) in [6.07, 6.45) is 3.63. The molecule has 0 aliphatic heterocycles. The summed E-state index contributed by atoms with van der Waals surface area (Å²) in [5.74, 6) is 0. The number of benzene rings is 1. The first kappa shape index (κ1) is 16.4. The van der Waals surface area contributed by atoms with Crippen molar-refractivity contribution in [3.8, 4) is 0 Å². The Bertz CT molecular complexity index is 577. The fourth-order valence-electron chi connectivity index (χ4n) is 2.38. The summed E-state index contributed by atoms with van der Waals surface area (Å²) in [6.45, 7) is 4.45. The van der Waals surface area contributed by atoms with Crippen LogP contribution < -0.4 is 5.73 Å². The molecule has 1 unspecified atom stereocenters. The Balaban J connectivity index is 2.22. The summed E-state index contributed by atoms with van der Waals surface area (Å²) >= 11 is 9.63. The van der Waals surface area contributed by atoms with E-state index in [0.717, 1.165) is 23.1 Å². The average Bonchev–Trinajstić information content (AvgIpc) is 2.51. The molecule has 0 fully saturated rings. The highest BCUT2D eigenvalue weighted by Gasteiger charge is 2.18. The van der Waals surface area contributed by atoms with Crippen molar-refractivity contribution in [3.63, 3.8) is 0 Å². The van der Waals surface area contributed by atoms with Crippen molar-refractivity contribution in [2.75, 3.05) is 13.1 Å². The third kappa shape index (κ3) is 4.27. The van der Waals surface area contributed by atoms with E-state index in [1.54, 1.807) is 0 Å². The molecule has 0 amide bonds. The summed E-state index contributed by atoms with van der Waals surface area (Å²) in [6, 6.07) is 10.2. The Morgan fingerprint density at radius 2 is 2.00 bits per heavy atom. The third-order valence-corrected chi connectivity index (χ3v) is 4.77. The smallest absolute Gasteiger partial charge is 0.0551 e. The standard InChI is InChI=1S/C16H19BrClN3/c1-2-21(11-12-5-7-20-8-6-12)16(10-19)13-3-4-14(17)15(18)9-13/h3-9,16H,2,10-11,19H2,1H3. The van der Waals surface area contributed by atoms with Gasteiger partial charge in [0.1, 0.15) is 0 Å². The van der Waals surface area contributed by atoms with Gasteiger partial charge in [-0.05, 0) is 57.9 Å². The van der Waals surface area contributed by atoms with Crippen molar-refractivity contribution in [2.45, 2.75) is 19.5 Å². The molecule has 112 valence electrons. The van der Waals surface area contributed by atoms with E-state index in [9.17, 15) is 0 Å². The lowest BCUT2D eigenvalue weighted by molar-refractivity contribution is 0.203. The maximum atomic E-state index is 6.21. The average molecular weight is 369 g/mol. The normalized spacial score (nSPS) is 12.6. The second-order valence-corrected chi connectivity index (χ2v) is 6.11. The van der Waals surface area contributed by atoms with Crippen molar-refractivity contribution in [3.05, 3.63) is 63.3 Å². The van der Waals surface area contributed by atoms with Gasteiger partial charge in [-0.25, -0.2) is 0 Å². The van der Waals surface area contributed by atoms with E-state index < -0.39 is 0 Å². The van der Waals surface area contributed by atoms with Gasteiger partial charge < -0.3 is 5.73 Å². The molecule has 3 nitrogen and oxygen atoms in total. The topological polar surface area (TPSA) is 42.2 Å². The van der Waals surface area contributed by atoms with Crippen LogP contribution in [0.5, 0.6) is 0 Å². The van der Waals surface area contributed by atoms with Gasteiger partial charge in [0.15, 0.2) is 0 Å². The van der Waals surface area contributed by atoms with Crippen LogP contribution in [0.15, 0.2) is 47.2 Å². The summed E-state index contributed by atoms with van der Waals surface area (Å²) in [7, 11) is 0. The zero-order chi connectivity index (χ0) is 15.2. The number of hydrogen-bond acceptors (Lipinski definition) is 3. The lowest BCUT2D eigenvalue weighted by Gasteiger charge is -2.30. The lowest BCUT2D eigenvalue weighted by Crippen LogP contribution is -2.33. The monoisotopic (exact) mass is 367 g/mol. The molecule has 2 N–H and O–H groups in total. The highest BCUT2D eigenvalue weighted by molar-refractivity contribution is 9.10. The number of halogens is 2. The minimum absolute atomic E-state index is 0.147. The van der Waals surface area contributed by atoms with E-state index in [0.29, 0.717) is 11.6 Å². The van der Waals surface area contributed by atoms with Crippen LogP contribution in [-0.2, 0) is 6.54 Å². The number of pyridine rings is 1. The zero-order valence-corrected chi connectivity index (χ0v) is 14.3. The minimum atomic E-state index is 0.147. The summed E-state index contributed by atoms with van der Waals surface area (Å²) in [5, 5.41) is 0.714. The maximum absolute atomic E-state index is 6.21. The van der Waals surface area contributed by atoms with Crippen molar-refractivity contribution in [2.24, 2.45) is 5.73 Å². The molecule has 0 spiro atoms. The predicted molar refractivity (Wildman–Crippen MR) is 91.3 cm³/mol. The molecule has 0 aliphatic carbocycles. The first-order chi connectivity index (χ1) is 10.2. The van der Waals surface area contributed by atoms with E-state index in [1.807, 2.05) is 36.7 Å². The van der Waals surface area contributed by atoms with Crippen LogP contribution >= 0.6 is 27.5 Å². The number of likely N-dealkylation sites (N-methyl/N-ethyl adjacent to an activating group) is 1. The van der Waals surface area contributed by atoms with Crippen LogP contribution in [0, 0.1) is 0 Å². The summed E-state index contributed by atoms with van der Waals surface area (Å²) in [5.41, 5.74) is 8.38. The Labute approximate surface area is 139 Å². The lowest BCUT2D eigenvalue weighted by atomic mass is 10.0. The largest absolute Gasteiger partial charge is 0.329 e. The summed E-state index contributed by atoms with van der Waals surface area (Å²) in [4.78, 5) is 6.40. The van der Waals surface area contributed by atoms with E-state index >= 15 is 0 Å². The molecule has 1 aromatic carbocycles. The van der Waals surface area contributed by atoms with Gasteiger partial charge in [-0.2, -0.15) is 0 Å². The number of hydrogen-bond donors (Lipinski definition) is 1. The molecule has 1 heterocycles. The van der Waals surface area contributed by atoms with Gasteiger partial charge in [-0.3, -0.25) is 9.88 Å². The number of aromatic nitrogens is 1. The SMILES string of the molecule is CCN(Cc1ccncc1)C(CN)c1ccc(Br)c(Cl)c1. The Morgan fingerprint density at radius 1 is 1.29 bits per heavy atom. The Hall–Kier alpha value is -0.940. The van der Waals surface area contributed by atoms with E-state index in [-0.39, 0.29) is 6.04 Å². The number of rotatable bonds is 6. The van der Waals surface area contributed by atoms with Crippen LogP contribution in [0.4, 0.5) is 0 Å². The molecule has 2 aromatic rings. The predicted octanol–water partition coefficient (Wildman–Crippen LogP) is 4.02. The van der Waals surface area contributed by atoms with E-state index in [4.69, 9.17) is 17.3 Å². The second-order valence-electron chi connectivity index (χ2n) is 4.84. The second kappa shape index (κ2) is 7.90. The van der Waals surface area contributed by atoms with Gasteiger partial charge in [-0.1, -0.05) is 24.6 Å². The molecule has 0 saturated heterocycles. The van der Waals surface area contributed by atoms with Crippen LogP contribution in [0.3, 0.4) is 0 Å². The van der Waals surface area contributed by atoms with Gasteiger partial charge in [0, 0.05) is 36.0 Å². The molecule has 5 heteroatoms. The van der Waals surface area contributed by atoms with Crippen LogP contribution in [0.1, 0.15) is 24.1 Å². The number of nitrogens with two attached hydrogens (primary N) is 1. The van der Waals surface area contributed by atoms with Crippen LogP contribution in [0.2, 0.25) is 5.02 Å². The van der Waals surface area contributed by atoms with E-state index in [2.05, 4.69) is 38.8 Å². The van der Waals surface area contributed by atoms with Crippen molar-refractivity contribution < 1.29 is 0 Å². The highest BCUT2D eigenvalue weighted by atomic mass is 79.9. The molecule has 2 rings (SSSR count). The molecule has 0 bridgehead atoms. The first-order valence-corrected chi connectivity index (χ1v) is 8.10. The number of nitrogens with zero attached hydrogens (tertiary/aromatic N) is 2. The highest BCUT2D eigenvalue weighted by Crippen LogP contribution is 2.29. The van der Waals surface area contributed by atoms with Gasteiger partial charge in [-0.15, -0.1) is 0 Å². The van der Waals surface area contributed by atoms with Crippen LogP contribution in [-0.4, -0.2) is 23.0 Å². The molecular weight excluding hydrogens is 350 g/mol. The zero-order valence-electron chi connectivity index (χ0n) is 12.0. The molecule has 1 atom stereocenters. The Kier molecular flexibility index (Phi) is 6.18. The molecule has 21 heavy (non-hydrogen) atoms. The maximum Gasteiger partial charge on any atom is 0.0551 e. The fraction of sp³-hybridized carbons (Fsp3) is 0.312. The fourth-order valence-corrected chi connectivity index (χ4v) is 2.82. The minimum Gasteiger partial charge on any atom is -0.329 e. The quantitative estimate of drug-likeness (QED) is 0.837.